The largest absolute Gasteiger partial charge is 0.384 e. The van der Waals surface area contributed by atoms with Crippen LogP contribution < -0.4 is 5.73 Å². The van der Waals surface area contributed by atoms with Gasteiger partial charge in [0.05, 0.1) is 16.1 Å². The zero-order valence-electron chi connectivity index (χ0n) is 11.8. The number of amidine groups is 1. The molecule has 2 aromatic carbocycles. The molecule has 0 amide bonds. The van der Waals surface area contributed by atoms with Crippen molar-refractivity contribution in [1.82, 2.24) is 9.55 Å². The number of nitrogens with two attached hydrogens (primary N) is 1. The van der Waals surface area contributed by atoms with Crippen LogP contribution in [0.3, 0.4) is 0 Å². The molecule has 0 aliphatic heterocycles. The molecule has 106 valence electrons. The molecular formula is C16H15ClN4. The number of rotatable bonds is 2. The van der Waals surface area contributed by atoms with Gasteiger partial charge in [-0.2, -0.15) is 0 Å². The number of aryl methyl sites for hydroxylation is 2. The van der Waals surface area contributed by atoms with E-state index in [0.717, 1.165) is 16.7 Å². The summed E-state index contributed by atoms with van der Waals surface area (Å²) in [4.78, 5) is 4.44. The number of halogens is 1. The molecular weight excluding hydrogens is 284 g/mol. The monoisotopic (exact) mass is 298 g/mol. The average Bonchev–Trinajstić information content (AvgIpc) is 2.81. The normalized spacial score (nSPS) is 11.0. The molecule has 3 aromatic rings. The molecule has 0 atom stereocenters. The summed E-state index contributed by atoms with van der Waals surface area (Å²) in [6.45, 7) is 4.16. The summed E-state index contributed by atoms with van der Waals surface area (Å²) in [6.07, 6.45) is 1.78. The molecule has 5 heteroatoms. The molecule has 3 N–H and O–H groups in total. The Morgan fingerprint density at radius 1 is 1.19 bits per heavy atom. The molecule has 3 rings (SSSR count). The fourth-order valence-corrected chi connectivity index (χ4v) is 2.62. The molecule has 0 aliphatic carbocycles. The van der Waals surface area contributed by atoms with Crippen molar-refractivity contribution < 1.29 is 0 Å². The molecule has 21 heavy (non-hydrogen) atoms. The Morgan fingerprint density at radius 3 is 2.57 bits per heavy atom. The molecule has 0 saturated carbocycles. The van der Waals surface area contributed by atoms with Crippen molar-refractivity contribution in [3.63, 3.8) is 0 Å². The Morgan fingerprint density at radius 2 is 1.90 bits per heavy atom. The van der Waals surface area contributed by atoms with E-state index in [1.165, 1.54) is 11.1 Å². The van der Waals surface area contributed by atoms with Crippen molar-refractivity contribution in [2.75, 3.05) is 0 Å². The van der Waals surface area contributed by atoms with E-state index in [1.807, 2.05) is 10.6 Å². The third kappa shape index (κ3) is 2.28. The molecule has 1 aromatic heterocycles. The van der Waals surface area contributed by atoms with E-state index in [9.17, 15) is 0 Å². The summed E-state index contributed by atoms with van der Waals surface area (Å²) < 4.78 is 1.98. The SMILES string of the molecule is Cc1cc2ncn(-c3ccc(C(=N)N)c(Cl)c3)c2cc1C. The van der Waals surface area contributed by atoms with Crippen LogP contribution in [-0.4, -0.2) is 15.4 Å². The Labute approximate surface area is 127 Å². The highest BCUT2D eigenvalue weighted by atomic mass is 35.5. The quantitative estimate of drug-likeness (QED) is 0.561. The fourth-order valence-electron chi connectivity index (χ4n) is 2.34. The number of nitrogens with zero attached hydrogens (tertiary/aromatic N) is 2. The highest BCUT2D eigenvalue weighted by molar-refractivity contribution is 6.34. The number of imidazole rings is 1. The Hall–Kier alpha value is -2.33. The van der Waals surface area contributed by atoms with Crippen LogP contribution in [0, 0.1) is 19.3 Å². The second-order valence-corrected chi connectivity index (χ2v) is 5.52. The highest BCUT2D eigenvalue weighted by Crippen LogP contribution is 2.25. The lowest BCUT2D eigenvalue weighted by Gasteiger charge is -2.09. The van der Waals surface area contributed by atoms with E-state index >= 15 is 0 Å². The maximum atomic E-state index is 7.48. The van der Waals surface area contributed by atoms with Gasteiger partial charge in [-0.25, -0.2) is 4.98 Å². The summed E-state index contributed by atoms with van der Waals surface area (Å²) in [5, 5.41) is 7.94. The van der Waals surface area contributed by atoms with Gasteiger partial charge in [0.1, 0.15) is 12.2 Å². The summed E-state index contributed by atoms with van der Waals surface area (Å²) in [5.41, 5.74) is 11.3. The lowest BCUT2D eigenvalue weighted by molar-refractivity contribution is 1.09. The molecule has 1 heterocycles. The summed E-state index contributed by atoms with van der Waals surface area (Å²) in [5.74, 6) is -0.0338. The molecule has 0 radical (unpaired) electrons. The molecule has 0 aliphatic rings. The van der Waals surface area contributed by atoms with Crippen LogP contribution in [0.4, 0.5) is 0 Å². The first kappa shape index (κ1) is 13.6. The summed E-state index contributed by atoms with van der Waals surface area (Å²) in [7, 11) is 0. The summed E-state index contributed by atoms with van der Waals surface area (Å²) in [6, 6.07) is 9.64. The number of fused-ring (bicyclic) bond motifs is 1. The van der Waals surface area contributed by atoms with Gasteiger partial charge in [0.15, 0.2) is 0 Å². The minimum atomic E-state index is -0.0338. The number of nitrogens with one attached hydrogen (secondary N) is 1. The van der Waals surface area contributed by atoms with E-state index in [4.69, 9.17) is 22.7 Å². The number of nitrogen functional groups attached to an aromatic ring is 1. The van der Waals surface area contributed by atoms with Crippen LogP contribution in [0.5, 0.6) is 0 Å². The molecule has 0 unspecified atom stereocenters. The second kappa shape index (κ2) is 4.90. The molecule has 0 fully saturated rings. The van der Waals surface area contributed by atoms with Gasteiger partial charge in [-0.05, 0) is 55.3 Å². The minimum absolute atomic E-state index is 0.0338. The summed E-state index contributed by atoms with van der Waals surface area (Å²) >= 11 is 6.19. The van der Waals surface area contributed by atoms with E-state index in [-0.39, 0.29) is 5.84 Å². The predicted octanol–water partition coefficient (Wildman–Crippen LogP) is 3.58. The van der Waals surface area contributed by atoms with Crippen molar-refractivity contribution in [2.24, 2.45) is 5.73 Å². The topological polar surface area (TPSA) is 67.7 Å². The standard InChI is InChI=1S/C16H15ClN4/c1-9-5-14-15(6-10(9)2)21(8-20-14)11-3-4-12(16(18)19)13(17)7-11/h3-8H,1-2H3,(H3,18,19). The van der Waals surface area contributed by atoms with Gasteiger partial charge >= 0.3 is 0 Å². The van der Waals surface area contributed by atoms with Crippen LogP contribution in [-0.2, 0) is 0 Å². The molecule has 0 spiro atoms. The number of hydrogen-bond donors (Lipinski definition) is 2. The van der Waals surface area contributed by atoms with Crippen LogP contribution >= 0.6 is 11.6 Å². The lowest BCUT2D eigenvalue weighted by atomic mass is 10.1. The number of benzene rings is 2. The maximum Gasteiger partial charge on any atom is 0.124 e. The van der Waals surface area contributed by atoms with Crippen LogP contribution in [0.2, 0.25) is 5.02 Å². The third-order valence-electron chi connectivity index (χ3n) is 3.68. The lowest BCUT2D eigenvalue weighted by Crippen LogP contribution is -2.11. The zero-order valence-corrected chi connectivity index (χ0v) is 12.6. The van der Waals surface area contributed by atoms with Gasteiger partial charge in [-0.3, -0.25) is 9.98 Å². The zero-order chi connectivity index (χ0) is 15.1. The fraction of sp³-hybridized carbons (Fsp3) is 0.125. The second-order valence-electron chi connectivity index (χ2n) is 5.12. The Bertz CT molecular complexity index is 864. The van der Waals surface area contributed by atoms with Crippen LogP contribution in [0.15, 0.2) is 36.7 Å². The predicted molar refractivity (Wildman–Crippen MR) is 86.6 cm³/mol. The van der Waals surface area contributed by atoms with Gasteiger partial charge in [-0.15, -0.1) is 0 Å². The van der Waals surface area contributed by atoms with Crippen LogP contribution in [0.1, 0.15) is 16.7 Å². The average molecular weight is 299 g/mol. The molecule has 0 bridgehead atoms. The first-order chi connectivity index (χ1) is 9.97. The van der Waals surface area contributed by atoms with Gasteiger partial charge in [0.2, 0.25) is 0 Å². The molecule has 0 saturated heterocycles. The van der Waals surface area contributed by atoms with Crippen LogP contribution in [0.25, 0.3) is 16.7 Å². The van der Waals surface area contributed by atoms with Gasteiger partial charge in [0.25, 0.3) is 0 Å². The molecule has 4 nitrogen and oxygen atoms in total. The smallest absolute Gasteiger partial charge is 0.124 e. The maximum absolute atomic E-state index is 7.48. The van der Waals surface area contributed by atoms with E-state index < -0.39 is 0 Å². The first-order valence-electron chi connectivity index (χ1n) is 6.56. The van der Waals surface area contributed by atoms with E-state index in [2.05, 4.69) is 31.0 Å². The Kier molecular flexibility index (Phi) is 3.18. The first-order valence-corrected chi connectivity index (χ1v) is 6.94. The minimum Gasteiger partial charge on any atom is -0.384 e. The third-order valence-corrected chi connectivity index (χ3v) is 4.00. The highest BCUT2D eigenvalue weighted by Gasteiger charge is 2.09. The van der Waals surface area contributed by atoms with Gasteiger partial charge < -0.3 is 5.73 Å². The van der Waals surface area contributed by atoms with E-state index in [1.54, 1.807) is 18.5 Å². The van der Waals surface area contributed by atoms with E-state index in [0.29, 0.717) is 10.6 Å². The number of aromatic nitrogens is 2. The van der Waals surface area contributed by atoms with Gasteiger partial charge in [-0.1, -0.05) is 11.6 Å². The van der Waals surface area contributed by atoms with Crippen molar-refractivity contribution in [2.45, 2.75) is 13.8 Å². The van der Waals surface area contributed by atoms with Crippen molar-refractivity contribution in [3.05, 3.63) is 58.4 Å². The van der Waals surface area contributed by atoms with Crippen molar-refractivity contribution in [1.29, 1.82) is 5.41 Å². The Balaban J connectivity index is 2.19. The van der Waals surface area contributed by atoms with Gasteiger partial charge in [0, 0.05) is 11.3 Å². The van der Waals surface area contributed by atoms with Crippen molar-refractivity contribution >= 4 is 28.5 Å². The van der Waals surface area contributed by atoms with Crippen molar-refractivity contribution in [3.8, 4) is 5.69 Å². The number of hydrogen-bond acceptors (Lipinski definition) is 2.